The molecule has 0 saturated heterocycles. The lowest BCUT2D eigenvalue weighted by molar-refractivity contribution is 0.290. The Hall–Kier alpha value is -1.38. The maximum atomic E-state index is 12.3. The van der Waals surface area contributed by atoms with Gasteiger partial charge < -0.3 is 0 Å². The number of nitrogens with one attached hydrogen (secondary N) is 1. The Balaban J connectivity index is 2.03. The summed E-state index contributed by atoms with van der Waals surface area (Å²) < 4.78 is 27.2. The molecule has 0 spiro atoms. The second-order valence-electron chi connectivity index (χ2n) is 5.59. The molecule has 0 aromatic heterocycles. The predicted octanol–water partition coefficient (Wildman–Crippen LogP) is 2.66. The number of nitriles is 1. The zero-order chi connectivity index (χ0) is 14.6. The van der Waals surface area contributed by atoms with Crippen molar-refractivity contribution in [3.05, 3.63) is 29.8 Å². The molecule has 108 valence electrons. The normalized spacial score (nSPS) is 23.2. The lowest BCUT2D eigenvalue weighted by Crippen LogP contribution is -2.31. The molecule has 1 saturated carbocycles. The Bertz CT molecular complexity index is 597. The molecule has 20 heavy (non-hydrogen) atoms. The van der Waals surface area contributed by atoms with Crippen molar-refractivity contribution >= 4 is 10.0 Å². The van der Waals surface area contributed by atoms with Crippen LogP contribution >= 0.6 is 0 Å². The fourth-order valence-corrected chi connectivity index (χ4v) is 3.90. The average Bonchev–Trinajstić information content (AvgIpc) is 2.46. The van der Waals surface area contributed by atoms with Crippen LogP contribution in [0, 0.1) is 23.2 Å². The van der Waals surface area contributed by atoms with Gasteiger partial charge in [0.2, 0.25) is 10.0 Å². The standard InChI is InChI=1S/C15H20N2O2S/c1-12-6-8-13(9-7-12)11-17-20(18,19)15-5-3-2-4-14(15)10-16/h2-5,12-13,17H,6-9,11H2,1H3. The van der Waals surface area contributed by atoms with E-state index in [9.17, 15) is 8.42 Å². The summed E-state index contributed by atoms with van der Waals surface area (Å²) in [5.41, 5.74) is 0.192. The zero-order valence-corrected chi connectivity index (χ0v) is 12.5. The van der Waals surface area contributed by atoms with Crippen molar-refractivity contribution in [1.29, 1.82) is 5.26 Å². The smallest absolute Gasteiger partial charge is 0.211 e. The Kier molecular flexibility index (Phi) is 4.79. The van der Waals surface area contributed by atoms with Crippen molar-refractivity contribution in [1.82, 2.24) is 4.72 Å². The second-order valence-corrected chi connectivity index (χ2v) is 7.32. The van der Waals surface area contributed by atoms with Crippen LogP contribution in [0.25, 0.3) is 0 Å². The van der Waals surface area contributed by atoms with Crippen LogP contribution in [0.1, 0.15) is 38.2 Å². The molecule has 2 rings (SSSR count). The van der Waals surface area contributed by atoms with Gasteiger partial charge in [-0.3, -0.25) is 0 Å². The van der Waals surface area contributed by atoms with Crippen molar-refractivity contribution in [3.63, 3.8) is 0 Å². The van der Waals surface area contributed by atoms with E-state index in [1.54, 1.807) is 12.1 Å². The van der Waals surface area contributed by atoms with Crippen molar-refractivity contribution in [2.45, 2.75) is 37.5 Å². The van der Waals surface area contributed by atoms with E-state index in [0.29, 0.717) is 12.5 Å². The summed E-state index contributed by atoms with van der Waals surface area (Å²) >= 11 is 0. The van der Waals surface area contributed by atoms with Crippen LogP contribution in [0.4, 0.5) is 0 Å². The van der Waals surface area contributed by atoms with Gasteiger partial charge in [0, 0.05) is 6.54 Å². The third-order valence-electron chi connectivity index (χ3n) is 3.99. The summed E-state index contributed by atoms with van der Waals surface area (Å²) in [5, 5.41) is 8.99. The van der Waals surface area contributed by atoms with E-state index in [-0.39, 0.29) is 10.5 Å². The van der Waals surface area contributed by atoms with Gasteiger partial charge in [-0.25, -0.2) is 13.1 Å². The fourth-order valence-electron chi connectivity index (χ4n) is 2.63. The van der Waals surface area contributed by atoms with E-state index in [4.69, 9.17) is 5.26 Å². The Labute approximate surface area is 120 Å². The maximum absolute atomic E-state index is 12.3. The number of nitrogens with zero attached hydrogens (tertiary/aromatic N) is 1. The fraction of sp³-hybridized carbons (Fsp3) is 0.533. The van der Waals surface area contributed by atoms with Crippen LogP contribution in [0.2, 0.25) is 0 Å². The van der Waals surface area contributed by atoms with Crippen LogP contribution in [-0.4, -0.2) is 15.0 Å². The molecule has 0 heterocycles. The molecule has 1 fully saturated rings. The van der Waals surface area contributed by atoms with Gasteiger partial charge >= 0.3 is 0 Å². The molecule has 4 nitrogen and oxygen atoms in total. The van der Waals surface area contributed by atoms with Crippen LogP contribution in [-0.2, 0) is 10.0 Å². The van der Waals surface area contributed by atoms with Gasteiger partial charge in [-0.2, -0.15) is 5.26 Å². The van der Waals surface area contributed by atoms with Crippen molar-refractivity contribution in [2.75, 3.05) is 6.54 Å². The first kappa shape index (κ1) is 15.0. The van der Waals surface area contributed by atoms with Gasteiger partial charge in [-0.1, -0.05) is 31.9 Å². The molecule has 1 aliphatic carbocycles. The molecule has 0 unspecified atom stereocenters. The zero-order valence-electron chi connectivity index (χ0n) is 11.7. The van der Waals surface area contributed by atoms with Gasteiger partial charge in [0.05, 0.1) is 10.5 Å². The maximum Gasteiger partial charge on any atom is 0.241 e. The number of hydrogen-bond donors (Lipinski definition) is 1. The topological polar surface area (TPSA) is 70.0 Å². The minimum absolute atomic E-state index is 0.0756. The lowest BCUT2D eigenvalue weighted by Gasteiger charge is -2.26. The highest BCUT2D eigenvalue weighted by atomic mass is 32.2. The SMILES string of the molecule is CC1CCC(CNS(=O)(=O)c2ccccc2C#N)CC1. The molecule has 0 amide bonds. The minimum Gasteiger partial charge on any atom is -0.211 e. The van der Waals surface area contributed by atoms with E-state index in [2.05, 4.69) is 11.6 Å². The summed E-state index contributed by atoms with van der Waals surface area (Å²) in [6, 6.07) is 8.23. The summed E-state index contributed by atoms with van der Waals surface area (Å²) in [6.07, 6.45) is 4.48. The first-order chi connectivity index (χ1) is 9.53. The summed E-state index contributed by atoms with van der Waals surface area (Å²) in [4.78, 5) is 0.0756. The largest absolute Gasteiger partial charge is 0.241 e. The highest BCUT2D eigenvalue weighted by Gasteiger charge is 2.22. The van der Waals surface area contributed by atoms with Gasteiger partial charge in [-0.05, 0) is 36.8 Å². The molecule has 0 radical (unpaired) electrons. The Morgan fingerprint density at radius 2 is 1.90 bits per heavy atom. The number of benzene rings is 1. The molecule has 0 aliphatic heterocycles. The van der Waals surface area contributed by atoms with E-state index in [1.165, 1.54) is 25.0 Å². The number of rotatable bonds is 4. The molecule has 1 aliphatic rings. The monoisotopic (exact) mass is 292 g/mol. The molecular formula is C15H20N2O2S. The van der Waals surface area contributed by atoms with Crippen molar-refractivity contribution < 1.29 is 8.42 Å². The van der Waals surface area contributed by atoms with E-state index < -0.39 is 10.0 Å². The van der Waals surface area contributed by atoms with E-state index in [0.717, 1.165) is 18.8 Å². The molecule has 0 bridgehead atoms. The van der Waals surface area contributed by atoms with Crippen LogP contribution in [0.5, 0.6) is 0 Å². The summed E-state index contributed by atoms with van der Waals surface area (Å²) in [7, 11) is -3.59. The molecule has 5 heteroatoms. The predicted molar refractivity (Wildman–Crippen MR) is 77.5 cm³/mol. The van der Waals surface area contributed by atoms with E-state index in [1.807, 2.05) is 6.07 Å². The van der Waals surface area contributed by atoms with Crippen molar-refractivity contribution in [2.24, 2.45) is 11.8 Å². The highest BCUT2D eigenvalue weighted by molar-refractivity contribution is 7.89. The minimum atomic E-state index is -3.59. The first-order valence-electron chi connectivity index (χ1n) is 7.01. The number of sulfonamides is 1. The second kappa shape index (κ2) is 6.38. The first-order valence-corrected chi connectivity index (χ1v) is 8.50. The third kappa shape index (κ3) is 3.59. The molecule has 0 atom stereocenters. The molecule has 1 aromatic rings. The van der Waals surface area contributed by atoms with Gasteiger partial charge in [-0.15, -0.1) is 0 Å². The quantitative estimate of drug-likeness (QED) is 0.927. The Morgan fingerprint density at radius 1 is 1.25 bits per heavy atom. The van der Waals surface area contributed by atoms with Crippen LogP contribution < -0.4 is 4.72 Å². The van der Waals surface area contributed by atoms with Crippen LogP contribution in [0.15, 0.2) is 29.2 Å². The lowest BCUT2D eigenvalue weighted by atomic mass is 9.83. The summed E-state index contributed by atoms with van der Waals surface area (Å²) in [6.45, 7) is 2.71. The molecular weight excluding hydrogens is 272 g/mol. The van der Waals surface area contributed by atoms with E-state index >= 15 is 0 Å². The third-order valence-corrected chi connectivity index (χ3v) is 5.48. The molecule has 1 aromatic carbocycles. The summed E-state index contributed by atoms with van der Waals surface area (Å²) in [5.74, 6) is 1.16. The number of hydrogen-bond acceptors (Lipinski definition) is 3. The van der Waals surface area contributed by atoms with Crippen LogP contribution in [0.3, 0.4) is 0 Å². The average molecular weight is 292 g/mol. The van der Waals surface area contributed by atoms with Crippen molar-refractivity contribution in [3.8, 4) is 6.07 Å². The molecule has 1 N–H and O–H groups in total. The van der Waals surface area contributed by atoms with Gasteiger partial charge in [0.1, 0.15) is 6.07 Å². The Morgan fingerprint density at radius 3 is 2.55 bits per heavy atom. The van der Waals surface area contributed by atoms with Gasteiger partial charge in [0.15, 0.2) is 0 Å². The highest BCUT2D eigenvalue weighted by Crippen LogP contribution is 2.28. The van der Waals surface area contributed by atoms with Gasteiger partial charge in [0.25, 0.3) is 0 Å².